The second kappa shape index (κ2) is 6.71. The number of hydrogen-bond donors (Lipinski definition) is 3. The molecule has 21 heavy (non-hydrogen) atoms. The summed E-state index contributed by atoms with van der Waals surface area (Å²) in [5.41, 5.74) is 0.884. The minimum Gasteiger partial charge on any atom is -0.459 e. The quantitative estimate of drug-likeness (QED) is 0.716. The molecule has 0 spiro atoms. The zero-order valence-corrected chi connectivity index (χ0v) is 11.8. The van der Waals surface area contributed by atoms with Gasteiger partial charge in [0.1, 0.15) is 0 Å². The fraction of sp³-hybridized carbons (Fsp3) is 0.308. The molecule has 0 aliphatic rings. The van der Waals surface area contributed by atoms with Crippen LogP contribution < -0.4 is 10.6 Å². The fourth-order valence-electron chi connectivity index (χ4n) is 1.69. The highest BCUT2D eigenvalue weighted by molar-refractivity contribution is 5.97. The van der Waals surface area contributed by atoms with Crippen molar-refractivity contribution in [3.63, 3.8) is 0 Å². The van der Waals surface area contributed by atoms with Gasteiger partial charge in [-0.3, -0.25) is 14.7 Å². The van der Waals surface area contributed by atoms with Crippen LogP contribution in [0, 0.1) is 0 Å². The summed E-state index contributed by atoms with van der Waals surface area (Å²) in [4.78, 5) is 25.2. The van der Waals surface area contributed by atoms with Crippen molar-refractivity contribution in [2.45, 2.75) is 6.54 Å². The van der Waals surface area contributed by atoms with Crippen molar-refractivity contribution in [2.75, 3.05) is 26.0 Å². The smallest absolute Gasteiger partial charge is 0.287 e. The number of aromatic amines is 1. The number of furan rings is 1. The van der Waals surface area contributed by atoms with Gasteiger partial charge in [-0.15, -0.1) is 0 Å². The minimum absolute atomic E-state index is 0.157. The second-order valence-corrected chi connectivity index (χ2v) is 4.72. The van der Waals surface area contributed by atoms with Crippen molar-refractivity contribution in [3.05, 3.63) is 35.9 Å². The molecule has 2 rings (SSSR count). The topological polar surface area (TPSA) is 103 Å². The van der Waals surface area contributed by atoms with Gasteiger partial charge in [-0.25, -0.2) is 0 Å². The average Bonchev–Trinajstić information content (AvgIpc) is 3.07. The van der Waals surface area contributed by atoms with E-state index in [0.717, 1.165) is 5.69 Å². The Morgan fingerprint density at radius 3 is 2.90 bits per heavy atom. The summed E-state index contributed by atoms with van der Waals surface area (Å²) >= 11 is 0. The first kappa shape index (κ1) is 14.8. The van der Waals surface area contributed by atoms with Crippen LogP contribution in [0.5, 0.6) is 0 Å². The normalized spacial score (nSPS) is 10.6. The summed E-state index contributed by atoms with van der Waals surface area (Å²) in [5, 5.41) is 11.8. The van der Waals surface area contributed by atoms with Crippen molar-refractivity contribution >= 4 is 17.6 Å². The molecule has 8 heteroatoms. The number of aromatic nitrogens is 2. The Labute approximate surface area is 121 Å². The Morgan fingerprint density at radius 2 is 2.24 bits per heavy atom. The highest BCUT2D eigenvalue weighted by Gasteiger charge is 2.11. The maximum atomic E-state index is 11.7. The van der Waals surface area contributed by atoms with Crippen LogP contribution in [0.1, 0.15) is 16.2 Å². The molecule has 2 aromatic heterocycles. The summed E-state index contributed by atoms with van der Waals surface area (Å²) in [5.74, 6) is -0.219. The van der Waals surface area contributed by atoms with E-state index in [4.69, 9.17) is 4.42 Å². The number of amides is 2. The maximum absolute atomic E-state index is 11.7. The molecular weight excluding hydrogens is 274 g/mol. The molecule has 0 fully saturated rings. The van der Waals surface area contributed by atoms with Crippen LogP contribution in [0.2, 0.25) is 0 Å². The molecule has 8 nitrogen and oxygen atoms in total. The predicted molar refractivity (Wildman–Crippen MR) is 75.6 cm³/mol. The lowest BCUT2D eigenvalue weighted by atomic mass is 10.4. The van der Waals surface area contributed by atoms with Gasteiger partial charge in [-0.2, -0.15) is 5.10 Å². The number of hydrogen-bond acceptors (Lipinski definition) is 5. The summed E-state index contributed by atoms with van der Waals surface area (Å²) in [6.07, 6.45) is 1.39. The molecule has 0 aromatic carbocycles. The summed E-state index contributed by atoms with van der Waals surface area (Å²) in [7, 11) is 3.87. The third-order valence-electron chi connectivity index (χ3n) is 2.54. The van der Waals surface area contributed by atoms with E-state index >= 15 is 0 Å². The summed E-state index contributed by atoms with van der Waals surface area (Å²) < 4.78 is 4.92. The predicted octanol–water partition coefficient (Wildman–Crippen LogP) is 0.433. The van der Waals surface area contributed by atoms with Crippen LogP contribution in [0.3, 0.4) is 0 Å². The highest BCUT2D eigenvalue weighted by Crippen LogP contribution is 2.06. The van der Waals surface area contributed by atoms with Gasteiger partial charge in [0.25, 0.3) is 5.91 Å². The summed E-state index contributed by atoms with van der Waals surface area (Å²) in [6.45, 7) is 0.535. The Bertz CT molecular complexity index is 603. The first-order valence-corrected chi connectivity index (χ1v) is 6.35. The largest absolute Gasteiger partial charge is 0.459 e. The van der Waals surface area contributed by atoms with Crippen LogP contribution in [-0.4, -0.2) is 47.6 Å². The molecular formula is C13H17N5O3. The zero-order valence-electron chi connectivity index (χ0n) is 11.8. The molecule has 112 valence electrons. The van der Waals surface area contributed by atoms with E-state index in [9.17, 15) is 9.59 Å². The first-order chi connectivity index (χ1) is 10.0. The lowest BCUT2D eigenvalue weighted by Crippen LogP contribution is -2.32. The molecule has 0 bridgehead atoms. The Kier molecular flexibility index (Phi) is 4.72. The van der Waals surface area contributed by atoms with Gasteiger partial charge in [-0.05, 0) is 26.2 Å². The fourth-order valence-corrected chi connectivity index (χ4v) is 1.69. The van der Waals surface area contributed by atoms with Gasteiger partial charge in [0.15, 0.2) is 11.6 Å². The van der Waals surface area contributed by atoms with Gasteiger partial charge in [-0.1, -0.05) is 0 Å². The molecule has 3 N–H and O–H groups in total. The third-order valence-corrected chi connectivity index (χ3v) is 2.54. The van der Waals surface area contributed by atoms with E-state index in [-0.39, 0.29) is 18.2 Å². The van der Waals surface area contributed by atoms with Gasteiger partial charge < -0.3 is 20.0 Å². The first-order valence-electron chi connectivity index (χ1n) is 6.35. The number of H-pyrrole nitrogens is 1. The summed E-state index contributed by atoms with van der Waals surface area (Å²) in [6, 6.07) is 4.87. The molecule has 0 unspecified atom stereocenters. The molecule has 0 radical (unpaired) electrons. The van der Waals surface area contributed by atoms with E-state index < -0.39 is 5.91 Å². The van der Waals surface area contributed by atoms with Crippen molar-refractivity contribution in [2.24, 2.45) is 0 Å². The second-order valence-electron chi connectivity index (χ2n) is 4.72. The number of anilines is 1. The molecule has 0 saturated heterocycles. The zero-order chi connectivity index (χ0) is 15.2. The number of nitrogens with one attached hydrogen (secondary N) is 3. The van der Waals surface area contributed by atoms with Crippen LogP contribution in [0.25, 0.3) is 0 Å². The molecule has 2 heterocycles. The number of nitrogens with zero attached hydrogens (tertiary/aromatic N) is 2. The van der Waals surface area contributed by atoms with Crippen molar-refractivity contribution in [1.82, 2.24) is 20.4 Å². The van der Waals surface area contributed by atoms with E-state index in [0.29, 0.717) is 12.4 Å². The van der Waals surface area contributed by atoms with E-state index in [2.05, 4.69) is 20.8 Å². The van der Waals surface area contributed by atoms with Gasteiger partial charge >= 0.3 is 0 Å². The lowest BCUT2D eigenvalue weighted by molar-refractivity contribution is -0.115. The monoisotopic (exact) mass is 291 g/mol. The lowest BCUT2D eigenvalue weighted by Gasteiger charge is -2.05. The Balaban J connectivity index is 1.79. The maximum Gasteiger partial charge on any atom is 0.287 e. The SMILES string of the molecule is CN(C)Cc1cc(NC(=O)CNC(=O)c2ccco2)n[nH]1. The standard InChI is InChI=1S/C13H17N5O3/c1-18(2)8-9-6-11(17-16-9)15-12(19)7-14-13(20)10-4-3-5-21-10/h3-6H,7-8H2,1-2H3,(H,14,20)(H2,15,16,17,19). The molecule has 0 atom stereocenters. The highest BCUT2D eigenvalue weighted by atomic mass is 16.3. The van der Waals surface area contributed by atoms with Crippen molar-refractivity contribution < 1.29 is 14.0 Å². The Morgan fingerprint density at radius 1 is 1.43 bits per heavy atom. The van der Waals surface area contributed by atoms with Crippen LogP contribution in [0.4, 0.5) is 5.82 Å². The van der Waals surface area contributed by atoms with Crippen molar-refractivity contribution in [1.29, 1.82) is 0 Å². The van der Waals surface area contributed by atoms with Gasteiger partial charge in [0.2, 0.25) is 5.91 Å². The van der Waals surface area contributed by atoms with Crippen LogP contribution in [-0.2, 0) is 11.3 Å². The molecule has 2 amide bonds. The number of carbonyl (C=O) groups excluding carboxylic acids is 2. The van der Waals surface area contributed by atoms with Gasteiger partial charge in [0.05, 0.1) is 18.5 Å². The average molecular weight is 291 g/mol. The molecule has 2 aromatic rings. The molecule has 0 aliphatic carbocycles. The van der Waals surface area contributed by atoms with Gasteiger partial charge in [0, 0.05) is 12.6 Å². The van der Waals surface area contributed by atoms with Crippen LogP contribution >= 0.6 is 0 Å². The van der Waals surface area contributed by atoms with E-state index in [1.807, 2.05) is 19.0 Å². The Hall–Kier alpha value is -2.61. The number of carbonyl (C=O) groups is 2. The minimum atomic E-state index is -0.439. The van der Waals surface area contributed by atoms with Crippen molar-refractivity contribution in [3.8, 4) is 0 Å². The van der Waals surface area contributed by atoms with Crippen LogP contribution in [0.15, 0.2) is 28.9 Å². The number of rotatable bonds is 6. The third kappa shape index (κ3) is 4.46. The molecule has 0 saturated carbocycles. The molecule has 0 aliphatic heterocycles. The van der Waals surface area contributed by atoms with E-state index in [1.165, 1.54) is 12.3 Å². The van der Waals surface area contributed by atoms with E-state index in [1.54, 1.807) is 12.1 Å².